The molecule has 6 nitrogen and oxygen atoms in total. The van der Waals surface area contributed by atoms with Crippen LogP contribution in [0.4, 0.5) is 0 Å². The molecule has 0 bridgehead atoms. The Kier molecular flexibility index (Phi) is 4.18. The summed E-state index contributed by atoms with van der Waals surface area (Å²) in [5.74, 6) is 0.551. The minimum absolute atomic E-state index is 0.142. The van der Waals surface area contributed by atoms with Gasteiger partial charge in [0.15, 0.2) is 0 Å². The van der Waals surface area contributed by atoms with E-state index < -0.39 is 0 Å². The van der Waals surface area contributed by atoms with Crippen LogP contribution in [0.2, 0.25) is 0 Å². The Labute approximate surface area is 130 Å². The molecular weight excluding hydrogens is 278 g/mol. The van der Waals surface area contributed by atoms with Crippen molar-refractivity contribution in [2.75, 3.05) is 13.1 Å². The lowest BCUT2D eigenvalue weighted by atomic mass is 9.94. The van der Waals surface area contributed by atoms with Gasteiger partial charge in [0.05, 0.1) is 11.4 Å². The number of piperidine rings is 1. The standard InChI is InChI=1S/C16H21N5O/c1-12-9-13(2)21(19-12)11-16(22)20-7-3-14(4-8-20)15-10-17-5-6-18-15/h5-6,9-10,14H,3-4,7-8,11H2,1-2H3. The number of carbonyl (C=O) groups excluding carboxylic acids is 1. The van der Waals surface area contributed by atoms with Gasteiger partial charge in [-0.25, -0.2) is 0 Å². The molecule has 3 rings (SSSR count). The quantitative estimate of drug-likeness (QED) is 0.865. The first-order valence-electron chi connectivity index (χ1n) is 7.68. The zero-order valence-electron chi connectivity index (χ0n) is 13.1. The highest BCUT2D eigenvalue weighted by atomic mass is 16.2. The van der Waals surface area contributed by atoms with Crippen LogP contribution in [-0.4, -0.2) is 43.6 Å². The number of amides is 1. The van der Waals surface area contributed by atoms with Gasteiger partial charge >= 0.3 is 0 Å². The van der Waals surface area contributed by atoms with E-state index in [4.69, 9.17) is 0 Å². The second kappa shape index (κ2) is 6.25. The molecule has 0 spiro atoms. The number of likely N-dealkylation sites (tertiary alicyclic amines) is 1. The van der Waals surface area contributed by atoms with E-state index in [1.807, 2.05) is 31.0 Å². The number of nitrogens with zero attached hydrogens (tertiary/aromatic N) is 5. The Morgan fingerprint density at radius 1 is 1.27 bits per heavy atom. The van der Waals surface area contributed by atoms with Crippen molar-refractivity contribution in [2.45, 2.75) is 39.2 Å². The van der Waals surface area contributed by atoms with Crippen molar-refractivity contribution in [3.8, 4) is 0 Å². The molecule has 116 valence electrons. The second-order valence-corrected chi connectivity index (χ2v) is 5.87. The summed E-state index contributed by atoms with van der Waals surface area (Å²) < 4.78 is 1.78. The van der Waals surface area contributed by atoms with Crippen LogP contribution >= 0.6 is 0 Å². The van der Waals surface area contributed by atoms with Gasteiger partial charge in [-0.2, -0.15) is 5.10 Å². The highest BCUT2D eigenvalue weighted by molar-refractivity contribution is 5.76. The number of aromatic nitrogens is 4. The maximum atomic E-state index is 12.4. The van der Waals surface area contributed by atoms with E-state index >= 15 is 0 Å². The molecule has 0 atom stereocenters. The van der Waals surface area contributed by atoms with E-state index in [2.05, 4.69) is 15.1 Å². The van der Waals surface area contributed by atoms with E-state index in [0.717, 1.165) is 43.0 Å². The van der Waals surface area contributed by atoms with E-state index in [1.165, 1.54) is 0 Å². The predicted molar refractivity (Wildman–Crippen MR) is 82.3 cm³/mol. The Bertz CT molecular complexity index is 644. The molecule has 0 radical (unpaired) electrons. The summed E-state index contributed by atoms with van der Waals surface area (Å²) in [5.41, 5.74) is 3.01. The van der Waals surface area contributed by atoms with E-state index in [1.54, 1.807) is 17.1 Å². The molecule has 1 saturated heterocycles. The van der Waals surface area contributed by atoms with Gasteiger partial charge in [0.2, 0.25) is 5.91 Å². The van der Waals surface area contributed by atoms with Crippen LogP contribution in [0.3, 0.4) is 0 Å². The van der Waals surface area contributed by atoms with Crippen molar-refractivity contribution in [1.82, 2.24) is 24.6 Å². The van der Waals surface area contributed by atoms with Gasteiger partial charge < -0.3 is 4.90 Å². The molecule has 0 unspecified atom stereocenters. The first-order valence-corrected chi connectivity index (χ1v) is 7.68. The largest absolute Gasteiger partial charge is 0.341 e. The van der Waals surface area contributed by atoms with E-state index in [9.17, 15) is 4.79 Å². The molecule has 0 aromatic carbocycles. The minimum atomic E-state index is 0.142. The first kappa shape index (κ1) is 14.7. The molecule has 0 saturated carbocycles. The van der Waals surface area contributed by atoms with Crippen LogP contribution in [0.15, 0.2) is 24.7 Å². The molecule has 1 aliphatic rings. The van der Waals surface area contributed by atoms with Gasteiger partial charge in [-0.15, -0.1) is 0 Å². The summed E-state index contributed by atoms with van der Waals surface area (Å²) in [4.78, 5) is 22.8. The monoisotopic (exact) mass is 299 g/mol. The molecule has 0 N–H and O–H groups in total. The molecule has 3 heterocycles. The summed E-state index contributed by atoms with van der Waals surface area (Å²) in [6.45, 7) is 5.81. The minimum Gasteiger partial charge on any atom is -0.341 e. The molecule has 2 aromatic rings. The summed E-state index contributed by atoms with van der Waals surface area (Å²) in [7, 11) is 0. The normalized spacial score (nSPS) is 16.0. The predicted octanol–water partition coefficient (Wildman–Crippen LogP) is 1.70. The lowest BCUT2D eigenvalue weighted by Gasteiger charge is -2.31. The van der Waals surface area contributed by atoms with Crippen LogP contribution < -0.4 is 0 Å². The molecule has 22 heavy (non-hydrogen) atoms. The number of aryl methyl sites for hydroxylation is 2. The fraction of sp³-hybridized carbons (Fsp3) is 0.500. The number of hydrogen-bond donors (Lipinski definition) is 0. The Hall–Kier alpha value is -2.24. The molecule has 2 aromatic heterocycles. The summed E-state index contributed by atoms with van der Waals surface area (Å²) >= 11 is 0. The molecule has 0 aliphatic carbocycles. The van der Waals surface area contributed by atoms with Crippen molar-refractivity contribution < 1.29 is 4.79 Å². The van der Waals surface area contributed by atoms with Crippen LogP contribution in [0.25, 0.3) is 0 Å². The van der Waals surface area contributed by atoms with Crippen molar-refractivity contribution in [2.24, 2.45) is 0 Å². The van der Waals surface area contributed by atoms with Gasteiger partial charge in [0, 0.05) is 43.3 Å². The zero-order chi connectivity index (χ0) is 15.5. The third-order valence-electron chi connectivity index (χ3n) is 4.24. The third kappa shape index (κ3) is 3.16. The van der Waals surface area contributed by atoms with Gasteiger partial charge in [-0.1, -0.05) is 0 Å². The zero-order valence-corrected chi connectivity index (χ0v) is 13.1. The van der Waals surface area contributed by atoms with E-state index in [0.29, 0.717) is 12.5 Å². The summed E-state index contributed by atoms with van der Waals surface area (Å²) in [6.07, 6.45) is 7.15. The number of hydrogen-bond acceptors (Lipinski definition) is 4. The first-order chi connectivity index (χ1) is 10.6. The fourth-order valence-corrected chi connectivity index (χ4v) is 3.01. The number of rotatable bonds is 3. The van der Waals surface area contributed by atoms with Crippen molar-refractivity contribution >= 4 is 5.91 Å². The Balaban J connectivity index is 1.57. The highest BCUT2D eigenvalue weighted by Crippen LogP contribution is 2.26. The smallest absolute Gasteiger partial charge is 0.244 e. The van der Waals surface area contributed by atoms with Gasteiger partial charge in [-0.3, -0.25) is 19.4 Å². The molecule has 1 fully saturated rings. The lowest BCUT2D eigenvalue weighted by molar-refractivity contribution is -0.133. The maximum absolute atomic E-state index is 12.4. The average Bonchev–Trinajstić information content (AvgIpc) is 2.86. The average molecular weight is 299 g/mol. The fourth-order valence-electron chi connectivity index (χ4n) is 3.01. The van der Waals surface area contributed by atoms with Crippen LogP contribution in [0.5, 0.6) is 0 Å². The second-order valence-electron chi connectivity index (χ2n) is 5.87. The summed E-state index contributed by atoms with van der Waals surface area (Å²) in [6, 6.07) is 1.99. The number of carbonyl (C=O) groups is 1. The van der Waals surface area contributed by atoms with Crippen LogP contribution in [-0.2, 0) is 11.3 Å². The Morgan fingerprint density at radius 3 is 2.64 bits per heavy atom. The molecule has 6 heteroatoms. The highest BCUT2D eigenvalue weighted by Gasteiger charge is 2.25. The van der Waals surface area contributed by atoms with Crippen LogP contribution in [0.1, 0.15) is 35.8 Å². The van der Waals surface area contributed by atoms with Gasteiger partial charge in [0.1, 0.15) is 6.54 Å². The maximum Gasteiger partial charge on any atom is 0.244 e. The van der Waals surface area contributed by atoms with Crippen molar-refractivity contribution in [3.05, 3.63) is 41.7 Å². The van der Waals surface area contributed by atoms with Crippen LogP contribution in [0, 0.1) is 13.8 Å². The molecule has 1 amide bonds. The molecule has 1 aliphatic heterocycles. The lowest BCUT2D eigenvalue weighted by Crippen LogP contribution is -2.40. The Morgan fingerprint density at radius 2 is 2.05 bits per heavy atom. The SMILES string of the molecule is Cc1cc(C)n(CC(=O)N2CCC(c3cnccn3)CC2)n1. The van der Waals surface area contributed by atoms with E-state index in [-0.39, 0.29) is 5.91 Å². The van der Waals surface area contributed by atoms with Gasteiger partial charge in [-0.05, 0) is 32.8 Å². The summed E-state index contributed by atoms with van der Waals surface area (Å²) in [5, 5.41) is 4.36. The van der Waals surface area contributed by atoms with Crippen molar-refractivity contribution in [3.63, 3.8) is 0 Å². The van der Waals surface area contributed by atoms with Crippen molar-refractivity contribution in [1.29, 1.82) is 0 Å². The third-order valence-corrected chi connectivity index (χ3v) is 4.24. The van der Waals surface area contributed by atoms with Gasteiger partial charge in [0.25, 0.3) is 0 Å². The topological polar surface area (TPSA) is 63.9 Å². The molecular formula is C16H21N5O.